The molecule has 1 heterocycles. The summed E-state index contributed by atoms with van der Waals surface area (Å²) in [4.78, 5) is 11.1. The van der Waals surface area contributed by atoms with Crippen molar-refractivity contribution >= 4 is 6.29 Å². The van der Waals surface area contributed by atoms with Crippen LogP contribution in [0.5, 0.6) is 0 Å². The number of furan rings is 1. The normalized spacial score (nSPS) is 12.3. The molecule has 0 unspecified atom stereocenters. The third-order valence-corrected chi connectivity index (χ3v) is 3.59. The monoisotopic (exact) mass is 300 g/mol. The molecule has 1 aromatic rings. The van der Waals surface area contributed by atoms with E-state index in [1.807, 2.05) is 12.1 Å². The largest absolute Gasteiger partial charge is 0.472 e. The molecule has 0 aliphatic carbocycles. The lowest BCUT2D eigenvalue weighted by Crippen LogP contribution is -1.87. The second-order valence-corrected chi connectivity index (χ2v) is 5.98. The summed E-state index contributed by atoms with van der Waals surface area (Å²) in [6.45, 7) is 6.43. The van der Waals surface area contributed by atoms with Gasteiger partial charge in [0.1, 0.15) is 6.29 Å². The fourth-order valence-corrected chi connectivity index (χ4v) is 2.24. The summed E-state index contributed by atoms with van der Waals surface area (Å²) in [5, 5.41) is 0. The highest BCUT2D eigenvalue weighted by Crippen LogP contribution is 2.12. The van der Waals surface area contributed by atoms with Crippen molar-refractivity contribution in [2.45, 2.75) is 59.3 Å². The van der Waals surface area contributed by atoms with Crippen LogP contribution in [0.15, 0.2) is 58.0 Å². The lowest BCUT2D eigenvalue weighted by Gasteiger charge is -2.01. The molecule has 22 heavy (non-hydrogen) atoms. The molecule has 0 aliphatic heterocycles. The molecule has 0 amide bonds. The van der Waals surface area contributed by atoms with Gasteiger partial charge in [0.2, 0.25) is 0 Å². The summed E-state index contributed by atoms with van der Waals surface area (Å²) in [7, 11) is 0. The summed E-state index contributed by atoms with van der Waals surface area (Å²) in [5.41, 5.74) is 4.85. The van der Waals surface area contributed by atoms with Crippen molar-refractivity contribution in [3.8, 4) is 0 Å². The van der Waals surface area contributed by atoms with E-state index in [9.17, 15) is 4.79 Å². The fourth-order valence-electron chi connectivity index (χ4n) is 2.24. The molecule has 0 saturated heterocycles. The third-order valence-electron chi connectivity index (χ3n) is 3.59. The number of aldehydes is 1. The van der Waals surface area contributed by atoms with Gasteiger partial charge in [0.05, 0.1) is 12.5 Å². The maximum absolute atomic E-state index is 11.1. The van der Waals surface area contributed by atoms with Gasteiger partial charge in [-0.15, -0.1) is 0 Å². The van der Waals surface area contributed by atoms with Gasteiger partial charge in [0.15, 0.2) is 0 Å². The van der Waals surface area contributed by atoms with Gasteiger partial charge in [-0.3, -0.25) is 4.79 Å². The Kier molecular flexibility index (Phi) is 8.97. The Hall–Kier alpha value is -1.83. The van der Waals surface area contributed by atoms with Crippen LogP contribution in [0, 0.1) is 0 Å². The minimum atomic E-state index is 0.828. The first-order valence-electron chi connectivity index (χ1n) is 8.06. The van der Waals surface area contributed by atoms with Crippen LogP contribution in [0.1, 0.15) is 58.4 Å². The summed E-state index contributed by atoms with van der Waals surface area (Å²) < 4.78 is 5.03. The van der Waals surface area contributed by atoms with Crippen LogP contribution in [0.25, 0.3) is 0 Å². The zero-order valence-electron chi connectivity index (χ0n) is 14.1. The number of hydrogen-bond donors (Lipinski definition) is 0. The van der Waals surface area contributed by atoms with Crippen molar-refractivity contribution in [3.05, 3.63) is 59.1 Å². The summed E-state index contributed by atoms with van der Waals surface area (Å²) in [6, 6.07) is 1.97. The molecule has 0 bridgehead atoms. The van der Waals surface area contributed by atoms with Crippen molar-refractivity contribution in [1.82, 2.24) is 0 Å². The van der Waals surface area contributed by atoms with E-state index in [1.165, 1.54) is 16.7 Å². The minimum Gasteiger partial charge on any atom is -0.472 e. The SMILES string of the molecule is CC(C)=CCCC(C)=CCCC(C=O)=CCCc1ccoc1. The Balaban J connectivity index is 2.30. The molecule has 0 saturated carbocycles. The second kappa shape index (κ2) is 10.8. The van der Waals surface area contributed by atoms with Crippen LogP contribution in [0.3, 0.4) is 0 Å². The van der Waals surface area contributed by atoms with Crippen LogP contribution < -0.4 is 0 Å². The number of carbonyl (C=O) groups is 1. The van der Waals surface area contributed by atoms with Crippen molar-refractivity contribution < 1.29 is 9.21 Å². The summed E-state index contributed by atoms with van der Waals surface area (Å²) >= 11 is 0. The standard InChI is InChI=1S/C20H28O2/c1-17(2)7-4-8-18(3)9-5-10-19(15-21)11-6-12-20-13-14-22-16-20/h7,9,11,13-16H,4-6,8,10,12H2,1-3H3. The van der Waals surface area contributed by atoms with Crippen LogP contribution in [-0.2, 0) is 11.2 Å². The van der Waals surface area contributed by atoms with Gasteiger partial charge in [-0.05, 0) is 76.5 Å². The number of aryl methyl sites for hydroxylation is 1. The number of rotatable bonds is 10. The highest BCUT2D eigenvalue weighted by atomic mass is 16.3. The third kappa shape index (κ3) is 8.46. The molecule has 2 nitrogen and oxygen atoms in total. The molecule has 1 rings (SSSR count). The maximum atomic E-state index is 11.1. The quantitative estimate of drug-likeness (QED) is 0.310. The van der Waals surface area contributed by atoms with E-state index in [2.05, 4.69) is 32.9 Å². The molecule has 0 spiro atoms. The Labute approximate surface area is 134 Å². The summed E-state index contributed by atoms with van der Waals surface area (Å²) in [5.74, 6) is 0. The zero-order chi connectivity index (χ0) is 16.2. The topological polar surface area (TPSA) is 30.2 Å². The first-order valence-corrected chi connectivity index (χ1v) is 8.06. The predicted octanol–water partition coefficient (Wildman–Crippen LogP) is 5.81. The average molecular weight is 300 g/mol. The molecule has 0 aliphatic rings. The molecular weight excluding hydrogens is 272 g/mol. The first-order chi connectivity index (χ1) is 10.6. The van der Waals surface area contributed by atoms with E-state index >= 15 is 0 Å². The minimum absolute atomic E-state index is 0.828. The molecule has 0 atom stereocenters. The van der Waals surface area contributed by atoms with Crippen LogP contribution in [0.4, 0.5) is 0 Å². The molecule has 2 heteroatoms. The second-order valence-electron chi connectivity index (χ2n) is 5.98. The first kappa shape index (κ1) is 18.2. The van der Waals surface area contributed by atoms with E-state index in [0.29, 0.717) is 0 Å². The maximum Gasteiger partial charge on any atom is 0.145 e. The van der Waals surface area contributed by atoms with Gasteiger partial charge in [0, 0.05) is 0 Å². The number of hydrogen-bond acceptors (Lipinski definition) is 2. The molecule has 0 aromatic carbocycles. The van der Waals surface area contributed by atoms with Crippen LogP contribution in [0.2, 0.25) is 0 Å². The number of carbonyl (C=O) groups excluding carboxylic acids is 1. The van der Waals surface area contributed by atoms with Crippen molar-refractivity contribution in [3.63, 3.8) is 0 Å². The van der Waals surface area contributed by atoms with Gasteiger partial charge in [-0.1, -0.05) is 29.4 Å². The molecule has 0 radical (unpaired) electrons. The van der Waals surface area contributed by atoms with Crippen molar-refractivity contribution in [2.24, 2.45) is 0 Å². The highest BCUT2D eigenvalue weighted by molar-refractivity contribution is 5.73. The molecule has 0 fully saturated rings. The van der Waals surface area contributed by atoms with E-state index in [0.717, 1.165) is 50.4 Å². The fraction of sp³-hybridized carbons (Fsp3) is 0.450. The Morgan fingerprint density at radius 2 is 1.82 bits per heavy atom. The predicted molar refractivity (Wildman–Crippen MR) is 92.8 cm³/mol. The Bertz CT molecular complexity index is 512. The molecule has 1 aromatic heterocycles. The van der Waals surface area contributed by atoms with Gasteiger partial charge in [0.25, 0.3) is 0 Å². The highest BCUT2D eigenvalue weighted by Gasteiger charge is 1.97. The van der Waals surface area contributed by atoms with Gasteiger partial charge < -0.3 is 4.42 Å². The van der Waals surface area contributed by atoms with E-state index in [1.54, 1.807) is 12.5 Å². The van der Waals surface area contributed by atoms with Gasteiger partial charge >= 0.3 is 0 Å². The van der Waals surface area contributed by atoms with Crippen LogP contribution in [-0.4, -0.2) is 6.29 Å². The molecule has 0 N–H and O–H groups in total. The average Bonchev–Trinajstić information content (AvgIpc) is 2.98. The Morgan fingerprint density at radius 1 is 1.05 bits per heavy atom. The summed E-state index contributed by atoms with van der Waals surface area (Å²) in [6.07, 6.45) is 16.8. The lowest BCUT2D eigenvalue weighted by molar-refractivity contribution is -0.105. The van der Waals surface area contributed by atoms with Crippen molar-refractivity contribution in [2.75, 3.05) is 0 Å². The van der Waals surface area contributed by atoms with E-state index in [4.69, 9.17) is 4.42 Å². The smallest absolute Gasteiger partial charge is 0.145 e. The van der Waals surface area contributed by atoms with Gasteiger partial charge in [-0.25, -0.2) is 0 Å². The van der Waals surface area contributed by atoms with Crippen LogP contribution >= 0.6 is 0 Å². The van der Waals surface area contributed by atoms with Gasteiger partial charge in [-0.2, -0.15) is 0 Å². The zero-order valence-corrected chi connectivity index (χ0v) is 14.1. The van der Waals surface area contributed by atoms with Crippen molar-refractivity contribution in [1.29, 1.82) is 0 Å². The number of allylic oxidation sites excluding steroid dienone is 6. The molecular formula is C20H28O2. The lowest BCUT2D eigenvalue weighted by atomic mass is 10.0. The molecule has 120 valence electrons. The Morgan fingerprint density at radius 3 is 2.45 bits per heavy atom. The van der Waals surface area contributed by atoms with E-state index < -0.39 is 0 Å². The van der Waals surface area contributed by atoms with E-state index in [-0.39, 0.29) is 0 Å².